The van der Waals surface area contributed by atoms with Crippen molar-refractivity contribution in [2.45, 2.75) is 0 Å². The highest BCUT2D eigenvalue weighted by atomic mass is 79.9. The lowest BCUT2D eigenvalue weighted by Crippen LogP contribution is -1.93. The van der Waals surface area contributed by atoms with Crippen LogP contribution >= 0.6 is 15.9 Å². The molecule has 1 rings (SSSR count). The largest absolute Gasteiger partial charge is 0.466 e. The highest BCUT2D eigenvalue weighted by Gasteiger charge is 2.02. The zero-order valence-electron chi connectivity index (χ0n) is 7.46. The number of hydrogen-bond acceptors (Lipinski definition) is 2. The quantitative estimate of drug-likeness (QED) is 0.603. The van der Waals surface area contributed by atoms with Gasteiger partial charge in [0.1, 0.15) is 5.82 Å². The first-order valence-corrected chi connectivity index (χ1v) is 4.64. The van der Waals surface area contributed by atoms with Crippen LogP contribution in [0.4, 0.5) is 4.39 Å². The molecule has 74 valence electrons. The van der Waals surface area contributed by atoms with Gasteiger partial charge in [-0.15, -0.1) is 0 Å². The first-order chi connectivity index (χ1) is 6.65. The minimum atomic E-state index is -0.510. The van der Waals surface area contributed by atoms with Gasteiger partial charge >= 0.3 is 5.97 Å². The summed E-state index contributed by atoms with van der Waals surface area (Å²) in [6.07, 6.45) is 2.54. The average molecular weight is 259 g/mol. The summed E-state index contributed by atoms with van der Waals surface area (Å²) in [6, 6.07) is 4.84. The number of halogens is 2. The molecule has 14 heavy (non-hydrogen) atoms. The Labute approximate surface area is 89.5 Å². The summed E-state index contributed by atoms with van der Waals surface area (Å²) < 4.78 is 18.1. The van der Waals surface area contributed by atoms with Crippen molar-refractivity contribution in [3.63, 3.8) is 0 Å². The van der Waals surface area contributed by atoms with Crippen LogP contribution in [0, 0.1) is 5.82 Å². The van der Waals surface area contributed by atoms with Gasteiger partial charge in [0.05, 0.1) is 11.6 Å². The van der Waals surface area contributed by atoms with E-state index in [1.165, 1.54) is 19.3 Å². The molecular formula is C10H8BrFO2. The van der Waals surface area contributed by atoms with E-state index >= 15 is 0 Å². The Bertz CT molecular complexity index is 374. The second-order valence-corrected chi connectivity index (χ2v) is 3.35. The molecule has 0 aliphatic heterocycles. The van der Waals surface area contributed by atoms with Crippen LogP contribution in [0.25, 0.3) is 6.08 Å². The summed E-state index contributed by atoms with van der Waals surface area (Å²) in [6.45, 7) is 0. The molecule has 1 aromatic rings. The fourth-order valence-corrected chi connectivity index (χ4v) is 1.26. The molecule has 0 fully saturated rings. The zero-order chi connectivity index (χ0) is 10.6. The molecule has 2 nitrogen and oxygen atoms in total. The minimum Gasteiger partial charge on any atom is -0.466 e. The molecule has 0 heterocycles. The Kier molecular flexibility index (Phi) is 3.83. The lowest BCUT2D eigenvalue weighted by atomic mass is 10.2. The van der Waals surface area contributed by atoms with Crippen molar-refractivity contribution in [3.8, 4) is 0 Å². The summed E-state index contributed by atoms with van der Waals surface area (Å²) >= 11 is 3.05. The van der Waals surface area contributed by atoms with E-state index in [-0.39, 0.29) is 0 Å². The Morgan fingerprint density at radius 3 is 2.93 bits per heavy atom. The molecule has 0 N–H and O–H groups in total. The van der Waals surface area contributed by atoms with Crippen LogP contribution in [-0.2, 0) is 9.53 Å². The zero-order valence-corrected chi connectivity index (χ0v) is 9.05. The maximum absolute atomic E-state index is 13.3. The van der Waals surface area contributed by atoms with Gasteiger partial charge in [-0.2, -0.15) is 0 Å². The molecule has 4 heteroatoms. The second kappa shape index (κ2) is 4.91. The van der Waals surface area contributed by atoms with Crippen LogP contribution < -0.4 is 0 Å². The molecule has 0 atom stereocenters. The highest BCUT2D eigenvalue weighted by molar-refractivity contribution is 9.10. The van der Waals surface area contributed by atoms with Crippen molar-refractivity contribution in [1.29, 1.82) is 0 Å². The van der Waals surface area contributed by atoms with E-state index < -0.39 is 11.8 Å². The third-order valence-electron chi connectivity index (χ3n) is 1.58. The fraction of sp³-hybridized carbons (Fsp3) is 0.100. The van der Waals surface area contributed by atoms with Crippen molar-refractivity contribution < 1.29 is 13.9 Å². The fourth-order valence-electron chi connectivity index (χ4n) is 0.875. The molecule has 0 aliphatic rings. The van der Waals surface area contributed by atoms with Crippen LogP contribution in [0.5, 0.6) is 0 Å². The van der Waals surface area contributed by atoms with E-state index in [9.17, 15) is 9.18 Å². The van der Waals surface area contributed by atoms with Gasteiger partial charge in [0.25, 0.3) is 0 Å². The van der Waals surface area contributed by atoms with E-state index in [2.05, 4.69) is 20.7 Å². The van der Waals surface area contributed by atoms with E-state index in [1.54, 1.807) is 18.2 Å². The molecule has 0 aromatic heterocycles. The highest BCUT2D eigenvalue weighted by Crippen LogP contribution is 2.19. The third kappa shape index (κ3) is 2.67. The van der Waals surface area contributed by atoms with Crippen molar-refractivity contribution in [2.24, 2.45) is 0 Å². The number of methoxy groups -OCH3 is 1. The second-order valence-electron chi connectivity index (χ2n) is 2.50. The van der Waals surface area contributed by atoms with Gasteiger partial charge in [-0.05, 0) is 28.1 Å². The van der Waals surface area contributed by atoms with Gasteiger partial charge in [-0.3, -0.25) is 0 Å². The summed E-state index contributed by atoms with van der Waals surface area (Å²) in [5.74, 6) is -0.906. The van der Waals surface area contributed by atoms with Gasteiger partial charge in [0, 0.05) is 11.6 Å². The molecule has 0 amide bonds. The predicted octanol–water partition coefficient (Wildman–Crippen LogP) is 2.77. The van der Waals surface area contributed by atoms with Crippen molar-refractivity contribution in [2.75, 3.05) is 7.11 Å². The molecule has 0 spiro atoms. The molecule has 0 bridgehead atoms. The molecule has 1 aromatic carbocycles. The maximum Gasteiger partial charge on any atom is 0.330 e. The third-order valence-corrected chi connectivity index (χ3v) is 2.19. The first-order valence-electron chi connectivity index (χ1n) is 3.85. The maximum atomic E-state index is 13.3. The number of rotatable bonds is 2. The molecule has 0 radical (unpaired) electrons. The average Bonchev–Trinajstić information content (AvgIpc) is 2.20. The van der Waals surface area contributed by atoms with Gasteiger partial charge in [0.15, 0.2) is 0 Å². The summed E-state index contributed by atoms with van der Waals surface area (Å²) in [5.41, 5.74) is 0.338. The normalized spacial score (nSPS) is 10.5. The number of benzene rings is 1. The standard InChI is InChI=1S/C10H8BrFO2/c1-14-9(13)6-5-7-3-2-4-8(11)10(7)12/h2-6H,1H3. The van der Waals surface area contributed by atoms with Crippen LogP contribution in [0.2, 0.25) is 0 Å². The Morgan fingerprint density at radius 1 is 1.57 bits per heavy atom. The van der Waals surface area contributed by atoms with Gasteiger partial charge in [-0.1, -0.05) is 12.1 Å². The van der Waals surface area contributed by atoms with E-state index in [1.807, 2.05) is 0 Å². The lowest BCUT2D eigenvalue weighted by Gasteiger charge is -1.98. The Balaban J connectivity index is 2.92. The molecule has 0 aliphatic carbocycles. The summed E-state index contributed by atoms with van der Waals surface area (Å²) in [5, 5.41) is 0. The summed E-state index contributed by atoms with van der Waals surface area (Å²) in [4.78, 5) is 10.7. The summed E-state index contributed by atoms with van der Waals surface area (Å²) in [7, 11) is 1.27. The smallest absolute Gasteiger partial charge is 0.330 e. The van der Waals surface area contributed by atoms with E-state index in [0.717, 1.165) is 0 Å². The van der Waals surface area contributed by atoms with Gasteiger partial charge < -0.3 is 4.74 Å². The monoisotopic (exact) mass is 258 g/mol. The van der Waals surface area contributed by atoms with Crippen LogP contribution in [0.3, 0.4) is 0 Å². The van der Waals surface area contributed by atoms with Crippen molar-refractivity contribution >= 4 is 28.0 Å². The number of esters is 1. The predicted molar refractivity (Wildman–Crippen MR) is 55.2 cm³/mol. The Morgan fingerprint density at radius 2 is 2.29 bits per heavy atom. The SMILES string of the molecule is COC(=O)C=Cc1cccc(Br)c1F. The lowest BCUT2D eigenvalue weighted by molar-refractivity contribution is -0.134. The number of carbonyl (C=O) groups is 1. The topological polar surface area (TPSA) is 26.3 Å². The first kappa shape index (κ1) is 10.9. The molecular weight excluding hydrogens is 251 g/mol. The van der Waals surface area contributed by atoms with Crippen molar-refractivity contribution in [1.82, 2.24) is 0 Å². The van der Waals surface area contributed by atoms with Crippen LogP contribution in [0.1, 0.15) is 5.56 Å². The Hall–Kier alpha value is -1.16. The van der Waals surface area contributed by atoms with Crippen molar-refractivity contribution in [3.05, 3.63) is 40.1 Å². The molecule has 0 saturated carbocycles. The number of hydrogen-bond donors (Lipinski definition) is 0. The number of ether oxygens (including phenoxy) is 1. The van der Waals surface area contributed by atoms with E-state index in [0.29, 0.717) is 10.0 Å². The van der Waals surface area contributed by atoms with E-state index in [4.69, 9.17) is 0 Å². The molecule has 0 unspecified atom stereocenters. The minimum absolute atomic E-state index is 0.338. The number of carbonyl (C=O) groups excluding carboxylic acids is 1. The van der Waals surface area contributed by atoms with Crippen LogP contribution in [-0.4, -0.2) is 13.1 Å². The molecule has 0 saturated heterocycles. The van der Waals surface area contributed by atoms with Gasteiger partial charge in [-0.25, -0.2) is 9.18 Å². The van der Waals surface area contributed by atoms with Crippen LogP contribution in [0.15, 0.2) is 28.7 Å². The van der Waals surface area contributed by atoms with Gasteiger partial charge in [0.2, 0.25) is 0 Å².